The zero-order valence-electron chi connectivity index (χ0n) is 8.27. The summed E-state index contributed by atoms with van der Waals surface area (Å²) in [7, 11) is 0. The van der Waals surface area contributed by atoms with Crippen LogP contribution >= 0.6 is 11.6 Å². The number of halogens is 1. The van der Waals surface area contributed by atoms with Crippen molar-refractivity contribution < 1.29 is 4.74 Å². The van der Waals surface area contributed by atoms with E-state index in [1.54, 1.807) is 18.5 Å². The van der Waals surface area contributed by atoms with Crippen molar-refractivity contribution in [2.45, 2.75) is 6.92 Å². The molecule has 1 heterocycles. The molecule has 0 saturated heterocycles. The lowest BCUT2D eigenvalue weighted by atomic mass is 10.2. The van der Waals surface area contributed by atoms with E-state index in [-0.39, 0.29) is 0 Å². The molecule has 3 heteroatoms. The van der Waals surface area contributed by atoms with Crippen LogP contribution in [-0.2, 0) is 0 Å². The predicted molar refractivity (Wildman–Crippen MR) is 60.5 cm³/mol. The largest absolute Gasteiger partial charge is 0.456 e. The molecule has 0 amide bonds. The standard InChI is InChI=1S/C12H10ClNO/c1-9-3-2-4-11(5-9)15-12-6-10(13)7-14-8-12/h2-8H,1H3. The van der Waals surface area contributed by atoms with Crippen molar-refractivity contribution in [1.82, 2.24) is 4.98 Å². The molecule has 1 aromatic carbocycles. The minimum absolute atomic E-state index is 0.570. The molecule has 0 saturated carbocycles. The fraction of sp³-hybridized carbons (Fsp3) is 0.0833. The lowest BCUT2D eigenvalue weighted by Crippen LogP contribution is -1.85. The molecule has 2 rings (SSSR count). The Labute approximate surface area is 93.5 Å². The third-order valence-electron chi connectivity index (χ3n) is 1.91. The molecular formula is C12H10ClNO. The highest BCUT2D eigenvalue weighted by Gasteiger charge is 1.98. The van der Waals surface area contributed by atoms with Crippen LogP contribution in [0.25, 0.3) is 0 Å². The minimum atomic E-state index is 0.570. The van der Waals surface area contributed by atoms with Crippen LogP contribution in [0.15, 0.2) is 42.7 Å². The molecule has 0 radical (unpaired) electrons. The lowest BCUT2D eigenvalue weighted by Gasteiger charge is -2.05. The molecule has 0 unspecified atom stereocenters. The highest BCUT2D eigenvalue weighted by Crippen LogP contribution is 2.23. The number of ether oxygens (including phenoxy) is 1. The quantitative estimate of drug-likeness (QED) is 0.766. The van der Waals surface area contributed by atoms with Crippen LogP contribution in [0.1, 0.15) is 5.56 Å². The van der Waals surface area contributed by atoms with Crippen molar-refractivity contribution in [1.29, 1.82) is 0 Å². The Morgan fingerprint density at radius 1 is 1.13 bits per heavy atom. The highest BCUT2D eigenvalue weighted by atomic mass is 35.5. The van der Waals surface area contributed by atoms with Crippen LogP contribution in [0.3, 0.4) is 0 Å². The molecule has 76 valence electrons. The van der Waals surface area contributed by atoms with E-state index in [2.05, 4.69) is 4.98 Å². The average molecular weight is 220 g/mol. The van der Waals surface area contributed by atoms with E-state index in [0.29, 0.717) is 10.8 Å². The summed E-state index contributed by atoms with van der Waals surface area (Å²) in [6.07, 6.45) is 3.21. The first-order chi connectivity index (χ1) is 7.24. The monoisotopic (exact) mass is 219 g/mol. The van der Waals surface area contributed by atoms with E-state index >= 15 is 0 Å². The molecule has 2 aromatic rings. The van der Waals surface area contributed by atoms with Crippen molar-refractivity contribution in [2.75, 3.05) is 0 Å². The van der Waals surface area contributed by atoms with Gasteiger partial charge in [0, 0.05) is 12.3 Å². The number of benzene rings is 1. The molecule has 0 fully saturated rings. The van der Waals surface area contributed by atoms with Crippen molar-refractivity contribution in [3.05, 3.63) is 53.3 Å². The number of pyridine rings is 1. The molecule has 0 atom stereocenters. The molecular weight excluding hydrogens is 210 g/mol. The second kappa shape index (κ2) is 4.32. The van der Waals surface area contributed by atoms with E-state index in [0.717, 1.165) is 11.3 Å². The van der Waals surface area contributed by atoms with E-state index in [4.69, 9.17) is 16.3 Å². The van der Waals surface area contributed by atoms with Gasteiger partial charge >= 0.3 is 0 Å². The van der Waals surface area contributed by atoms with Crippen molar-refractivity contribution in [2.24, 2.45) is 0 Å². The number of rotatable bonds is 2. The van der Waals surface area contributed by atoms with E-state index in [1.807, 2.05) is 31.2 Å². The van der Waals surface area contributed by atoms with Gasteiger partial charge in [-0.15, -0.1) is 0 Å². The Kier molecular flexibility index (Phi) is 2.88. The normalized spacial score (nSPS) is 10.0. The van der Waals surface area contributed by atoms with Gasteiger partial charge in [-0.2, -0.15) is 0 Å². The van der Waals surface area contributed by atoms with Crippen LogP contribution in [0, 0.1) is 6.92 Å². The summed E-state index contributed by atoms with van der Waals surface area (Å²) in [5.41, 5.74) is 1.16. The third-order valence-corrected chi connectivity index (χ3v) is 2.11. The summed E-state index contributed by atoms with van der Waals surface area (Å²) >= 11 is 5.80. The minimum Gasteiger partial charge on any atom is -0.456 e. The van der Waals surface area contributed by atoms with Gasteiger partial charge in [0.15, 0.2) is 0 Å². The Balaban J connectivity index is 2.22. The Morgan fingerprint density at radius 2 is 2.00 bits per heavy atom. The summed E-state index contributed by atoms with van der Waals surface area (Å²) in [4.78, 5) is 3.95. The second-order valence-electron chi connectivity index (χ2n) is 3.26. The van der Waals surface area contributed by atoms with Gasteiger partial charge < -0.3 is 4.74 Å². The van der Waals surface area contributed by atoms with Gasteiger partial charge in [-0.1, -0.05) is 23.7 Å². The first-order valence-electron chi connectivity index (χ1n) is 4.59. The summed E-state index contributed by atoms with van der Waals surface area (Å²) in [5.74, 6) is 1.44. The number of aryl methyl sites for hydroxylation is 1. The number of aromatic nitrogens is 1. The molecule has 0 aliphatic rings. The molecule has 15 heavy (non-hydrogen) atoms. The van der Waals surface area contributed by atoms with Crippen LogP contribution in [0.4, 0.5) is 0 Å². The smallest absolute Gasteiger partial charge is 0.147 e. The molecule has 0 aliphatic carbocycles. The number of hydrogen-bond donors (Lipinski definition) is 0. The maximum Gasteiger partial charge on any atom is 0.147 e. The first kappa shape index (κ1) is 9.99. The van der Waals surface area contributed by atoms with Gasteiger partial charge in [-0.05, 0) is 24.6 Å². The van der Waals surface area contributed by atoms with Gasteiger partial charge in [0.05, 0.1) is 11.2 Å². The van der Waals surface area contributed by atoms with Gasteiger partial charge in [0.25, 0.3) is 0 Å². The van der Waals surface area contributed by atoms with Gasteiger partial charge in [0.2, 0.25) is 0 Å². The maximum absolute atomic E-state index is 5.80. The maximum atomic E-state index is 5.80. The second-order valence-corrected chi connectivity index (χ2v) is 3.69. The van der Waals surface area contributed by atoms with Crippen LogP contribution in [0.2, 0.25) is 5.02 Å². The SMILES string of the molecule is Cc1cccc(Oc2cncc(Cl)c2)c1. The van der Waals surface area contributed by atoms with Gasteiger partial charge in [-0.25, -0.2) is 0 Å². The predicted octanol–water partition coefficient (Wildman–Crippen LogP) is 3.84. The van der Waals surface area contributed by atoms with Crippen LogP contribution in [0.5, 0.6) is 11.5 Å². The topological polar surface area (TPSA) is 22.1 Å². The molecule has 0 bridgehead atoms. The summed E-state index contributed by atoms with van der Waals surface area (Å²) in [6, 6.07) is 9.55. The Bertz CT molecular complexity index is 427. The lowest BCUT2D eigenvalue weighted by molar-refractivity contribution is 0.480. The molecule has 0 aliphatic heterocycles. The van der Waals surface area contributed by atoms with Crippen molar-refractivity contribution >= 4 is 11.6 Å². The fourth-order valence-corrected chi connectivity index (χ4v) is 1.43. The highest BCUT2D eigenvalue weighted by molar-refractivity contribution is 6.30. The molecule has 0 N–H and O–H groups in total. The average Bonchev–Trinajstić information content (AvgIpc) is 2.17. The summed E-state index contributed by atoms with van der Waals surface area (Å²) < 4.78 is 5.59. The molecule has 2 nitrogen and oxygen atoms in total. The van der Waals surface area contributed by atoms with Crippen LogP contribution in [-0.4, -0.2) is 4.98 Å². The van der Waals surface area contributed by atoms with Gasteiger partial charge in [-0.3, -0.25) is 4.98 Å². The summed E-state index contributed by atoms with van der Waals surface area (Å²) in [6.45, 7) is 2.02. The van der Waals surface area contributed by atoms with Gasteiger partial charge in [0.1, 0.15) is 11.5 Å². The zero-order chi connectivity index (χ0) is 10.7. The third kappa shape index (κ3) is 2.70. The Hall–Kier alpha value is -1.54. The van der Waals surface area contributed by atoms with E-state index < -0.39 is 0 Å². The van der Waals surface area contributed by atoms with Crippen molar-refractivity contribution in [3.63, 3.8) is 0 Å². The summed E-state index contributed by atoms with van der Waals surface area (Å²) in [5, 5.41) is 0.570. The molecule has 0 spiro atoms. The fourth-order valence-electron chi connectivity index (χ4n) is 1.26. The Morgan fingerprint density at radius 3 is 2.73 bits per heavy atom. The first-order valence-corrected chi connectivity index (χ1v) is 4.97. The zero-order valence-corrected chi connectivity index (χ0v) is 9.03. The van der Waals surface area contributed by atoms with E-state index in [1.165, 1.54) is 0 Å². The van der Waals surface area contributed by atoms with E-state index in [9.17, 15) is 0 Å². The van der Waals surface area contributed by atoms with Crippen LogP contribution < -0.4 is 4.74 Å². The molecule has 1 aromatic heterocycles. The van der Waals surface area contributed by atoms with Crippen molar-refractivity contribution in [3.8, 4) is 11.5 Å². The number of nitrogens with zero attached hydrogens (tertiary/aromatic N) is 1. The number of hydrogen-bond acceptors (Lipinski definition) is 2.